The van der Waals surface area contributed by atoms with Gasteiger partial charge in [0.05, 0.1) is 5.75 Å². The Bertz CT molecular complexity index is 212. The molecule has 16 heavy (non-hydrogen) atoms. The second-order valence-corrected chi connectivity index (χ2v) is 4.51. The summed E-state index contributed by atoms with van der Waals surface area (Å²) in [6, 6.07) is 0. The Hall–Kier alpha value is -0.750. The minimum absolute atomic E-state index is 0.000897. The Labute approximate surface area is 100 Å². The Balaban J connectivity index is 3.21. The third-order valence-electron chi connectivity index (χ3n) is 1.87. The minimum Gasteiger partial charge on any atom is -0.396 e. The molecule has 0 saturated heterocycles. The van der Waals surface area contributed by atoms with Crippen LogP contribution < -0.4 is 11.1 Å². The molecule has 0 aromatic heterocycles. The average molecular weight is 248 g/mol. The fourth-order valence-corrected chi connectivity index (χ4v) is 1.74. The van der Waals surface area contributed by atoms with Crippen molar-refractivity contribution in [1.29, 1.82) is 0 Å². The van der Waals surface area contributed by atoms with E-state index in [1.807, 2.05) is 0 Å². The molecule has 0 aromatic carbocycles. The summed E-state index contributed by atoms with van der Waals surface area (Å²) >= 11 is 1.37. The van der Waals surface area contributed by atoms with Crippen LogP contribution in [0.25, 0.3) is 0 Å². The van der Waals surface area contributed by atoms with Crippen molar-refractivity contribution in [3.63, 3.8) is 0 Å². The Morgan fingerprint density at radius 1 is 1.25 bits per heavy atom. The SMILES string of the molecule is NC(=O)CSCCC(=O)NCCCCCO. The lowest BCUT2D eigenvalue weighted by molar-refractivity contribution is -0.120. The summed E-state index contributed by atoms with van der Waals surface area (Å²) in [6.45, 7) is 0.858. The molecule has 0 bridgehead atoms. The fourth-order valence-electron chi connectivity index (χ4n) is 1.07. The molecule has 2 amide bonds. The summed E-state index contributed by atoms with van der Waals surface area (Å²) in [7, 11) is 0. The zero-order valence-corrected chi connectivity index (χ0v) is 10.2. The molecule has 4 N–H and O–H groups in total. The first-order valence-corrected chi connectivity index (χ1v) is 6.56. The van der Waals surface area contributed by atoms with E-state index in [2.05, 4.69) is 5.32 Å². The van der Waals surface area contributed by atoms with Crippen molar-refractivity contribution in [1.82, 2.24) is 5.32 Å². The predicted octanol–water partition coefficient (Wildman–Crippen LogP) is -0.126. The lowest BCUT2D eigenvalue weighted by atomic mass is 10.2. The monoisotopic (exact) mass is 248 g/mol. The van der Waals surface area contributed by atoms with E-state index < -0.39 is 0 Å². The average Bonchev–Trinajstić information content (AvgIpc) is 2.24. The van der Waals surface area contributed by atoms with Crippen LogP contribution in [0.1, 0.15) is 25.7 Å². The summed E-state index contributed by atoms with van der Waals surface area (Å²) in [6.07, 6.45) is 3.01. The summed E-state index contributed by atoms with van der Waals surface area (Å²) in [4.78, 5) is 21.6. The van der Waals surface area contributed by atoms with E-state index in [4.69, 9.17) is 10.8 Å². The zero-order valence-electron chi connectivity index (χ0n) is 9.41. The highest BCUT2D eigenvalue weighted by molar-refractivity contribution is 7.99. The fraction of sp³-hybridized carbons (Fsp3) is 0.800. The largest absolute Gasteiger partial charge is 0.396 e. The molecule has 0 atom stereocenters. The molecule has 0 aliphatic heterocycles. The van der Waals surface area contributed by atoms with Gasteiger partial charge in [-0.2, -0.15) is 11.8 Å². The molecule has 0 aromatic rings. The van der Waals surface area contributed by atoms with Gasteiger partial charge in [-0.25, -0.2) is 0 Å². The van der Waals surface area contributed by atoms with Crippen molar-refractivity contribution >= 4 is 23.6 Å². The van der Waals surface area contributed by atoms with Crippen LogP contribution in [-0.4, -0.2) is 41.6 Å². The van der Waals surface area contributed by atoms with Crippen LogP contribution in [0.4, 0.5) is 0 Å². The molecule has 5 nitrogen and oxygen atoms in total. The number of primary amides is 1. The van der Waals surface area contributed by atoms with E-state index in [9.17, 15) is 9.59 Å². The van der Waals surface area contributed by atoms with E-state index in [0.29, 0.717) is 18.7 Å². The number of carbonyl (C=O) groups excluding carboxylic acids is 2. The molecule has 0 spiro atoms. The molecular weight excluding hydrogens is 228 g/mol. The number of nitrogens with one attached hydrogen (secondary N) is 1. The van der Waals surface area contributed by atoms with Crippen molar-refractivity contribution in [3.8, 4) is 0 Å². The molecular formula is C10H20N2O3S. The van der Waals surface area contributed by atoms with Crippen molar-refractivity contribution in [3.05, 3.63) is 0 Å². The number of aliphatic hydroxyl groups is 1. The highest BCUT2D eigenvalue weighted by atomic mass is 32.2. The van der Waals surface area contributed by atoms with Crippen LogP contribution >= 0.6 is 11.8 Å². The number of nitrogens with two attached hydrogens (primary N) is 1. The summed E-state index contributed by atoms with van der Waals surface area (Å²) in [5.41, 5.74) is 4.96. The highest BCUT2D eigenvalue weighted by Gasteiger charge is 2.01. The van der Waals surface area contributed by atoms with E-state index in [-0.39, 0.29) is 24.2 Å². The van der Waals surface area contributed by atoms with Gasteiger partial charge in [0.25, 0.3) is 0 Å². The number of hydrogen-bond donors (Lipinski definition) is 3. The van der Waals surface area contributed by atoms with Crippen LogP contribution in [-0.2, 0) is 9.59 Å². The number of rotatable bonds is 10. The van der Waals surface area contributed by atoms with Crippen LogP contribution in [0.5, 0.6) is 0 Å². The molecule has 0 aliphatic carbocycles. The number of unbranched alkanes of at least 4 members (excludes halogenated alkanes) is 2. The van der Waals surface area contributed by atoms with Gasteiger partial charge in [-0.1, -0.05) is 0 Å². The predicted molar refractivity (Wildman–Crippen MR) is 65.1 cm³/mol. The van der Waals surface area contributed by atoms with Gasteiger partial charge in [-0.15, -0.1) is 0 Å². The third kappa shape index (κ3) is 11.3. The lowest BCUT2D eigenvalue weighted by Gasteiger charge is -2.04. The molecule has 94 valence electrons. The second-order valence-electron chi connectivity index (χ2n) is 3.40. The van der Waals surface area contributed by atoms with E-state index in [1.165, 1.54) is 11.8 Å². The van der Waals surface area contributed by atoms with Gasteiger partial charge in [0.15, 0.2) is 0 Å². The molecule has 0 radical (unpaired) electrons. The first-order chi connectivity index (χ1) is 7.66. The van der Waals surface area contributed by atoms with Gasteiger partial charge < -0.3 is 16.2 Å². The van der Waals surface area contributed by atoms with E-state index in [1.54, 1.807) is 0 Å². The molecule has 0 saturated carbocycles. The van der Waals surface area contributed by atoms with Gasteiger partial charge in [0, 0.05) is 25.3 Å². The maximum Gasteiger partial charge on any atom is 0.227 e. The number of thioether (sulfide) groups is 1. The molecule has 0 fully saturated rings. The highest BCUT2D eigenvalue weighted by Crippen LogP contribution is 2.01. The van der Waals surface area contributed by atoms with E-state index >= 15 is 0 Å². The van der Waals surface area contributed by atoms with Gasteiger partial charge in [-0.05, 0) is 19.3 Å². The molecule has 0 unspecified atom stereocenters. The topological polar surface area (TPSA) is 92.4 Å². The van der Waals surface area contributed by atoms with Crippen LogP contribution in [0.3, 0.4) is 0 Å². The standard InChI is InChI=1S/C10H20N2O3S/c11-9(14)8-16-7-4-10(15)12-5-2-1-3-6-13/h13H,1-8H2,(H2,11,14)(H,12,15). The summed E-state index contributed by atoms with van der Waals surface area (Å²) < 4.78 is 0. The van der Waals surface area contributed by atoms with Crippen LogP contribution in [0.2, 0.25) is 0 Å². The van der Waals surface area contributed by atoms with Gasteiger partial charge in [-0.3, -0.25) is 9.59 Å². The van der Waals surface area contributed by atoms with Gasteiger partial charge in [0.1, 0.15) is 0 Å². The number of carbonyl (C=O) groups is 2. The maximum absolute atomic E-state index is 11.2. The third-order valence-corrected chi connectivity index (χ3v) is 2.86. The Morgan fingerprint density at radius 3 is 2.62 bits per heavy atom. The van der Waals surface area contributed by atoms with Crippen molar-refractivity contribution in [2.45, 2.75) is 25.7 Å². The smallest absolute Gasteiger partial charge is 0.227 e. The Kier molecular flexibility index (Phi) is 10.3. The van der Waals surface area contributed by atoms with Crippen LogP contribution in [0.15, 0.2) is 0 Å². The number of amides is 2. The molecule has 0 rings (SSSR count). The molecule has 0 aliphatic rings. The Morgan fingerprint density at radius 2 is 2.00 bits per heavy atom. The number of aliphatic hydroxyl groups excluding tert-OH is 1. The lowest BCUT2D eigenvalue weighted by Crippen LogP contribution is -2.25. The van der Waals surface area contributed by atoms with E-state index in [0.717, 1.165) is 19.3 Å². The van der Waals surface area contributed by atoms with Crippen molar-refractivity contribution < 1.29 is 14.7 Å². The van der Waals surface area contributed by atoms with Crippen LogP contribution in [0, 0.1) is 0 Å². The minimum atomic E-state index is -0.352. The summed E-state index contributed by atoms with van der Waals surface area (Å²) in [5, 5.41) is 11.3. The zero-order chi connectivity index (χ0) is 12.2. The first kappa shape index (κ1) is 15.2. The second kappa shape index (κ2) is 10.8. The van der Waals surface area contributed by atoms with Gasteiger partial charge in [0.2, 0.25) is 11.8 Å². The normalized spacial score (nSPS) is 10.1. The first-order valence-electron chi connectivity index (χ1n) is 5.40. The van der Waals surface area contributed by atoms with Gasteiger partial charge >= 0.3 is 0 Å². The molecule has 6 heteroatoms. The summed E-state index contributed by atoms with van der Waals surface area (Å²) in [5.74, 6) is 0.533. The number of hydrogen-bond acceptors (Lipinski definition) is 4. The van der Waals surface area contributed by atoms with Crippen molar-refractivity contribution in [2.75, 3.05) is 24.7 Å². The maximum atomic E-state index is 11.2. The van der Waals surface area contributed by atoms with Crippen molar-refractivity contribution in [2.24, 2.45) is 5.73 Å². The quantitative estimate of drug-likeness (QED) is 0.470. The molecule has 0 heterocycles.